The Labute approximate surface area is 118 Å². The van der Waals surface area contributed by atoms with Gasteiger partial charge in [-0.25, -0.2) is 9.97 Å². The van der Waals surface area contributed by atoms with Crippen LogP contribution < -0.4 is 5.32 Å². The summed E-state index contributed by atoms with van der Waals surface area (Å²) in [4.78, 5) is 9.17. The van der Waals surface area contributed by atoms with E-state index in [1.54, 1.807) is 0 Å². The maximum atomic E-state index is 4.67. The molecule has 0 spiro atoms. The van der Waals surface area contributed by atoms with Crippen molar-refractivity contribution in [2.45, 2.75) is 51.9 Å². The van der Waals surface area contributed by atoms with E-state index in [1.165, 1.54) is 32.1 Å². The number of aromatic nitrogens is 2. The third-order valence-corrected chi connectivity index (χ3v) is 4.48. The summed E-state index contributed by atoms with van der Waals surface area (Å²) in [5, 5.41) is 3.28. The number of hydrogen-bond acceptors (Lipinski definition) is 3. The Balaban J connectivity index is 2.07. The molecule has 4 heteroatoms. The lowest BCUT2D eigenvalue weighted by atomic mass is 9.80. The van der Waals surface area contributed by atoms with Crippen LogP contribution in [0.3, 0.4) is 0 Å². The van der Waals surface area contributed by atoms with E-state index >= 15 is 0 Å². The highest BCUT2D eigenvalue weighted by Crippen LogP contribution is 2.36. The van der Waals surface area contributed by atoms with Gasteiger partial charge in [0.05, 0.1) is 4.47 Å². The third-order valence-electron chi connectivity index (χ3n) is 3.90. The van der Waals surface area contributed by atoms with Crippen LogP contribution in [0.1, 0.15) is 57.7 Å². The molecule has 0 atom stereocenters. The molecule has 0 aliphatic heterocycles. The van der Waals surface area contributed by atoms with Gasteiger partial charge < -0.3 is 5.32 Å². The molecule has 18 heavy (non-hydrogen) atoms. The minimum Gasteiger partial charge on any atom is -0.369 e. The lowest BCUT2D eigenvalue weighted by molar-refractivity contribution is 0.312. The second-order valence-corrected chi connectivity index (χ2v) is 5.94. The second kappa shape index (κ2) is 6.50. The zero-order valence-electron chi connectivity index (χ0n) is 11.2. The highest BCUT2D eigenvalue weighted by molar-refractivity contribution is 9.10. The van der Waals surface area contributed by atoms with Crippen LogP contribution >= 0.6 is 15.9 Å². The number of nitrogens with one attached hydrogen (secondary N) is 1. The topological polar surface area (TPSA) is 37.8 Å². The van der Waals surface area contributed by atoms with Crippen LogP contribution in [-0.4, -0.2) is 16.5 Å². The largest absolute Gasteiger partial charge is 0.369 e. The van der Waals surface area contributed by atoms with Gasteiger partial charge in [0.2, 0.25) is 0 Å². The molecule has 1 fully saturated rings. The van der Waals surface area contributed by atoms with Crippen LogP contribution in [0.2, 0.25) is 0 Å². The van der Waals surface area contributed by atoms with Crippen molar-refractivity contribution >= 4 is 21.7 Å². The molecule has 0 unspecified atom stereocenters. The smallest absolute Gasteiger partial charge is 0.144 e. The highest BCUT2D eigenvalue weighted by atomic mass is 79.9. The monoisotopic (exact) mass is 311 g/mol. The van der Waals surface area contributed by atoms with Crippen molar-refractivity contribution in [2.75, 3.05) is 11.9 Å². The number of nitrogens with zero attached hydrogens (tertiary/aromatic N) is 2. The predicted octanol–water partition coefficient (Wildman–Crippen LogP) is 4.35. The number of anilines is 1. The normalized spacial score (nSPS) is 23.9. The number of halogens is 1. The zero-order valence-corrected chi connectivity index (χ0v) is 12.8. The summed E-state index contributed by atoms with van der Waals surface area (Å²) in [6.07, 6.45) is 8.34. The van der Waals surface area contributed by atoms with E-state index < -0.39 is 0 Å². The molecule has 0 aromatic carbocycles. The lowest BCUT2D eigenvalue weighted by Gasteiger charge is -2.27. The molecule has 1 saturated carbocycles. The molecule has 0 amide bonds. The first-order valence-corrected chi connectivity index (χ1v) is 7.80. The maximum Gasteiger partial charge on any atom is 0.144 e. The molecule has 1 aliphatic rings. The number of hydrogen-bond donors (Lipinski definition) is 1. The summed E-state index contributed by atoms with van der Waals surface area (Å²) in [6, 6.07) is 0. The van der Waals surface area contributed by atoms with Gasteiger partial charge >= 0.3 is 0 Å². The molecule has 3 nitrogen and oxygen atoms in total. The molecule has 1 aromatic rings. The Kier molecular flexibility index (Phi) is 4.98. The van der Waals surface area contributed by atoms with E-state index in [4.69, 9.17) is 0 Å². The van der Waals surface area contributed by atoms with Crippen molar-refractivity contribution in [3.8, 4) is 0 Å². The fraction of sp³-hybridized carbons (Fsp3) is 0.714. The van der Waals surface area contributed by atoms with Crippen molar-refractivity contribution in [1.82, 2.24) is 9.97 Å². The molecular formula is C14H22BrN3. The van der Waals surface area contributed by atoms with E-state index in [0.717, 1.165) is 28.6 Å². The lowest BCUT2D eigenvalue weighted by Crippen LogP contribution is -2.15. The van der Waals surface area contributed by atoms with E-state index in [0.29, 0.717) is 5.92 Å². The fourth-order valence-corrected chi connectivity index (χ4v) is 3.03. The molecule has 1 heterocycles. The molecule has 0 saturated heterocycles. The summed E-state index contributed by atoms with van der Waals surface area (Å²) in [6.45, 7) is 5.27. The summed E-state index contributed by atoms with van der Waals surface area (Å²) in [5.41, 5.74) is 0. The van der Waals surface area contributed by atoms with Gasteiger partial charge in [-0.1, -0.05) is 13.3 Å². The molecule has 1 N–H and O–H groups in total. The van der Waals surface area contributed by atoms with Crippen LogP contribution in [-0.2, 0) is 0 Å². The first kappa shape index (κ1) is 13.8. The number of rotatable bonds is 4. The Morgan fingerprint density at radius 2 is 2.00 bits per heavy atom. The Morgan fingerprint density at radius 1 is 1.28 bits per heavy atom. The van der Waals surface area contributed by atoms with Gasteiger partial charge in [-0.15, -0.1) is 0 Å². The molecule has 0 bridgehead atoms. The first-order chi connectivity index (χ1) is 8.74. The fourth-order valence-electron chi connectivity index (χ4n) is 2.70. The van der Waals surface area contributed by atoms with Crippen LogP contribution in [0, 0.1) is 5.92 Å². The van der Waals surface area contributed by atoms with Gasteiger partial charge in [0, 0.05) is 18.7 Å². The minimum atomic E-state index is 0.554. The standard InChI is InChI=1S/C14H22BrN3/c1-3-10-5-7-11(8-6-10)13-17-9-12(15)14(18-13)16-4-2/h9-11H,3-8H2,1-2H3,(H,16,17,18). The van der Waals surface area contributed by atoms with Crippen molar-refractivity contribution in [3.63, 3.8) is 0 Å². The van der Waals surface area contributed by atoms with Crippen molar-refractivity contribution < 1.29 is 0 Å². The molecule has 2 rings (SSSR count). The van der Waals surface area contributed by atoms with Crippen LogP contribution in [0.25, 0.3) is 0 Å². The quantitative estimate of drug-likeness (QED) is 0.898. The van der Waals surface area contributed by atoms with E-state index in [9.17, 15) is 0 Å². The SMILES string of the molecule is CCNc1nc(C2CCC(CC)CC2)ncc1Br. The highest BCUT2D eigenvalue weighted by Gasteiger charge is 2.23. The summed E-state index contributed by atoms with van der Waals surface area (Å²) in [5.74, 6) is 3.42. The minimum absolute atomic E-state index is 0.554. The van der Waals surface area contributed by atoms with Crippen molar-refractivity contribution in [1.29, 1.82) is 0 Å². The third kappa shape index (κ3) is 3.22. The predicted molar refractivity (Wildman–Crippen MR) is 78.9 cm³/mol. The van der Waals surface area contributed by atoms with Crippen LogP contribution in [0.15, 0.2) is 10.7 Å². The average Bonchev–Trinajstić information content (AvgIpc) is 2.42. The molecule has 0 radical (unpaired) electrons. The first-order valence-electron chi connectivity index (χ1n) is 7.00. The van der Waals surface area contributed by atoms with Crippen LogP contribution in [0.5, 0.6) is 0 Å². The van der Waals surface area contributed by atoms with E-state index in [-0.39, 0.29) is 0 Å². The van der Waals surface area contributed by atoms with Crippen molar-refractivity contribution in [3.05, 3.63) is 16.5 Å². The molecule has 100 valence electrons. The summed E-state index contributed by atoms with van der Waals surface area (Å²) < 4.78 is 0.954. The van der Waals surface area contributed by atoms with Gasteiger partial charge in [-0.2, -0.15) is 0 Å². The van der Waals surface area contributed by atoms with Gasteiger partial charge in [0.25, 0.3) is 0 Å². The Bertz CT molecular complexity index is 387. The van der Waals surface area contributed by atoms with Gasteiger partial charge in [-0.05, 0) is 54.5 Å². The summed E-state index contributed by atoms with van der Waals surface area (Å²) >= 11 is 3.49. The molecule has 1 aromatic heterocycles. The summed E-state index contributed by atoms with van der Waals surface area (Å²) in [7, 11) is 0. The van der Waals surface area contributed by atoms with Gasteiger partial charge in [-0.3, -0.25) is 0 Å². The van der Waals surface area contributed by atoms with Gasteiger partial charge in [0.1, 0.15) is 11.6 Å². The van der Waals surface area contributed by atoms with Gasteiger partial charge in [0.15, 0.2) is 0 Å². The second-order valence-electron chi connectivity index (χ2n) is 5.08. The Hall–Kier alpha value is -0.640. The Morgan fingerprint density at radius 3 is 2.61 bits per heavy atom. The molecular weight excluding hydrogens is 290 g/mol. The van der Waals surface area contributed by atoms with E-state index in [1.807, 2.05) is 6.20 Å². The molecule has 1 aliphatic carbocycles. The maximum absolute atomic E-state index is 4.67. The van der Waals surface area contributed by atoms with Crippen LogP contribution in [0.4, 0.5) is 5.82 Å². The zero-order chi connectivity index (χ0) is 13.0. The van der Waals surface area contributed by atoms with Crippen molar-refractivity contribution in [2.24, 2.45) is 5.92 Å². The van der Waals surface area contributed by atoms with E-state index in [2.05, 4.69) is 45.1 Å². The average molecular weight is 312 g/mol.